The summed E-state index contributed by atoms with van der Waals surface area (Å²) >= 11 is 0. The van der Waals surface area contributed by atoms with Gasteiger partial charge in [0.25, 0.3) is 0 Å². The van der Waals surface area contributed by atoms with Crippen LogP contribution in [0.25, 0.3) is 0 Å². The van der Waals surface area contributed by atoms with Crippen LogP contribution in [-0.2, 0) is 0 Å². The van der Waals surface area contributed by atoms with E-state index < -0.39 is 17.5 Å². The molecule has 4 heteroatoms. The number of hydrogen-bond donors (Lipinski definition) is 1. The molecule has 0 amide bonds. The quantitative estimate of drug-likeness (QED) is 0.743. The highest BCUT2D eigenvalue weighted by Crippen LogP contribution is 2.40. The third kappa shape index (κ3) is 3.90. The monoisotopic (exact) mass is 326 g/mol. The molecule has 1 N–H and O–H groups in total. The smallest absolute Gasteiger partial charge is 0.194 e. The van der Waals surface area contributed by atoms with Crippen molar-refractivity contribution in [2.75, 3.05) is 0 Å². The minimum atomic E-state index is -1.39. The van der Waals surface area contributed by atoms with Crippen LogP contribution in [0.1, 0.15) is 69.3 Å². The van der Waals surface area contributed by atoms with E-state index in [-0.39, 0.29) is 12.0 Å². The first kappa shape index (κ1) is 16.8. The van der Waals surface area contributed by atoms with E-state index in [9.17, 15) is 18.3 Å². The standard InChI is InChI=1S/C19H25F3O/c20-16-10-15(11-17(21)19(16)22)13-7-5-12(6-8-13)9-18(23)14-3-1-2-4-14/h10-14,18,23H,1-9H2. The molecule has 2 fully saturated rings. The summed E-state index contributed by atoms with van der Waals surface area (Å²) in [5, 5.41) is 10.3. The molecule has 23 heavy (non-hydrogen) atoms. The SMILES string of the molecule is OC(CC1CCC(c2cc(F)c(F)c(F)c2)CC1)C1CCCC1. The molecule has 1 aromatic rings. The molecule has 2 aliphatic rings. The van der Waals surface area contributed by atoms with Crippen LogP contribution in [0.15, 0.2) is 12.1 Å². The molecule has 0 saturated heterocycles. The Bertz CT molecular complexity index is 508. The Morgan fingerprint density at radius 1 is 0.913 bits per heavy atom. The van der Waals surface area contributed by atoms with Crippen molar-refractivity contribution in [2.24, 2.45) is 11.8 Å². The van der Waals surface area contributed by atoms with Gasteiger partial charge in [0, 0.05) is 0 Å². The van der Waals surface area contributed by atoms with Gasteiger partial charge in [-0.25, -0.2) is 13.2 Å². The van der Waals surface area contributed by atoms with Crippen LogP contribution in [0.3, 0.4) is 0 Å². The van der Waals surface area contributed by atoms with E-state index in [1.165, 1.54) is 12.8 Å². The zero-order valence-electron chi connectivity index (χ0n) is 13.4. The van der Waals surface area contributed by atoms with Gasteiger partial charge in [0.2, 0.25) is 0 Å². The van der Waals surface area contributed by atoms with E-state index in [0.29, 0.717) is 17.4 Å². The molecular weight excluding hydrogens is 301 g/mol. The average Bonchev–Trinajstić information content (AvgIpc) is 3.07. The van der Waals surface area contributed by atoms with Gasteiger partial charge in [-0.3, -0.25) is 0 Å². The van der Waals surface area contributed by atoms with E-state index in [0.717, 1.165) is 57.1 Å². The van der Waals surface area contributed by atoms with Gasteiger partial charge in [-0.15, -0.1) is 0 Å². The fourth-order valence-corrected chi connectivity index (χ4v) is 4.42. The summed E-state index contributed by atoms with van der Waals surface area (Å²) in [6.45, 7) is 0. The van der Waals surface area contributed by atoms with Crippen LogP contribution in [0, 0.1) is 29.3 Å². The summed E-state index contributed by atoms with van der Waals surface area (Å²) in [6, 6.07) is 2.27. The summed E-state index contributed by atoms with van der Waals surface area (Å²) in [6.07, 6.45) is 9.05. The summed E-state index contributed by atoms with van der Waals surface area (Å²) in [5.74, 6) is -2.52. The molecule has 3 rings (SSSR count). The first-order chi connectivity index (χ1) is 11.0. The molecule has 2 saturated carbocycles. The molecular formula is C19H25F3O. The molecule has 0 aromatic heterocycles. The average molecular weight is 326 g/mol. The van der Waals surface area contributed by atoms with Crippen LogP contribution in [-0.4, -0.2) is 11.2 Å². The summed E-state index contributed by atoms with van der Waals surface area (Å²) in [7, 11) is 0. The maximum atomic E-state index is 13.4. The maximum absolute atomic E-state index is 13.4. The van der Waals surface area contributed by atoms with Gasteiger partial charge in [0.1, 0.15) is 0 Å². The summed E-state index contributed by atoms with van der Waals surface area (Å²) in [5.41, 5.74) is 0.566. The Morgan fingerprint density at radius 3 is 2.04 bits per heavy atom. The normalized spacial score (nSPS) is 27.3. The number of aliphatic hydroxyl groups excluding tert-OH is 1. The Balaban J connectivity index is 1.54. The summed E-state index contributed by atoms with van der Waals surface area (Å²) in [4.78, 5) is 0. The molecule has 0 heterocycles. The third-order valence-electron chi connectivity index (χ3n) is 5.84. The second-order valence-corrected chi connectivity index (χ2v) is 7.36. The first-order valence-electron chi connectivity index (χ1n) is 8.87. The van der Waals surface area contributed by atoms with Crippen molar-refractivity contribution >= 4 is 0 Å². The maximum Gasteiger partial charge on any atom is 0.194 e. The Kier molecular flexibility index (Phi) is 5.30. The highest BCUT2D eigenvalue weighted by atomic mass is 19.2. The lowest BCUT2D eigenvalue weighted by Gasteiger charge is -2.31. The molecule has 128 valence electrons. The van der Waals surface area contributed by atoms with E-state index in [2.05, 4.69) is 0 Å². The molecule has 1 atom stereocenters. The van der Waals surface area contributed by atoms with Gasteiger partial charge in [0.05, 0.1) is 6.10 Å². The lowest BCUT2D eigenvalue weighted by Crippen LogP contribution is -2.24. The van der Waals surface area contributed by atoms with E-state index in [1.807, 2.05) is 0 Å². The number of aliphatic hydroxyl groups is 1. The van der Waals surface area contributed by atoms with E-state index >= 15 is 0 Å². The van der Waals surface area contributed by atoms with Gasteiger partial charge in [-0.2, -0.15) is 0 Å². The summed E-state index contributed by atoms with van der Waals surface area (Å²) < 4.78 is 39.8. The largest absolute Gasteiger partial charge is 0.393 e. The highest BCUT2D eigenvalue weighted by molar-refractivity contribution is 5.23. The van der Waals surface area contributed by atoms with Crippen LogP contribution in [0.4, 0.5) is 13.2 Å². The van der Waals surface area contributed by atoms with Gasteiger partial charge >= 0.3 is 0 Å². The predicted molar refractivity (Wildman–Crippen MR) is 83.6 cm³/mol. The molecule has 0 aliphatic heterocycles. The number of halogens is 3. The van der Waals surface area contributed by atoms with Crippen molar-refractivity contribution in [3.05, 3.63) is 35.1 Å². The number of hydrogen-bond acceptors (Lipinski definition) is 1. The lowest BCUT2D eigenvalue weighted by atomic mass is 9.76. The van der Waals surface area contributed by atoms with Crippen molar-refractivity contribution < 1.29 is 18.3 Å². The van der Waals surface area contributed by atoms with Gasteiger partial charge in [-0.05, 0) is 80.4 Å². The fraction of sp³-hybridized carbons (Fsp3) is 0.684. The molecule has 0 bridgehead atoms. The van der Waals surface area contributed by atoms with Crippen LogP contribution < -0.4 is 0 Å². The fourth-order valence-electron chi connectivity index (χ4n) is 4.42. The van der Waals surface area contributed by atoms with Crippen LogP contribution in [0.5, 0.6) is 0 Å². The minimum Gasteiger partial charge on any atom is -0.393 e. The van der Waals surface area contributed by atoms with Crippen LogP contribution in [0.2, 0.25) is 0 Å². The predicted octanol–water partition coefficient (Wildman–Crippen LogP) is 5.32. The van der Waals surface area contributed by atoms with E-state index in [1.54, 1.807) is 0 Å². The van der Waals surface area contributed by atoms with E-state index in [4.69, 9.17) is 0 Å². The van der Waals surface area contributed by atoms with Crippen molar-refractivity contribution in [1.82, 2.24) is 0 Å². The Hall–Kier alpha value is -1.03. The van der Waals surface area contributed by atoms with Crippen molar-refractivity contribution in [2.45, 2.75) is 69.8 Å². The molecule has 2 aliphatic carbocycles. The Morgan fingerprint density at radius 2 is 1.48 bits per heavy atom. The zero-order valence-corrected chi connectivity index (χ0v) is 13.4. The second kappa shape index (κ2) is 7.25. The van der Waals surface area contributed by atoms with Gasteiger partial charge in [0.15, 0.2) is 17.5 Å². The first-order valence-corrected chi connectivity index (χ1v) is 8.87. The molecule has 1 unspecified atom stereocenters. The molecule has 1 nitrogen and oxygen atoms in total. The molecule has 0 spiro atoms. The lowest BCUT2D eigenvalue weighted by molar-refractivity contribution is 0.0752. The van der Waals surface area contributed by atoms with Gasteiger partial charge in [-0.1, -0.05) is 12.8 Å². The highest BCUT2D eigenvalue weighted by Gasteiger charge is 2.29. The minimum absolute atomic E-state index is 0.0967. The number of rotatable bonds is 4. The van der Waals surface area contributed by atoms with Crippen LogP contribution >= 0.6 is 0 Å². The zero-order chi connectivity index (χ0) is 16.4. The second-order valence-electron chi connectivity index (χ2n) is 7.36. The molecule has 0 radical (unpaired) electrons. The van der Waals surface area contributed by atoms with Crippen molar-refractivity contribution in [3.8, 4) is 0 Å². The van der Waals surface area contributed by atoms with Gasteiger partial charge < -0.3 is 5.11 Å². The third-order valence-corrected chi connectivity index (χ3v) is 5.84. The molecule has 1 aromatic carbocycles. The van der Waals surface area contributed by atoms with Crippen molar-refractivity contribution in [3.63, 3.8) is 0 Å². The topological polar surface area (TPSA) is 20.2 Å². The van der Waals surface area contributed by atoms with Crippen molar-refractivity contribution in [1.29, 1.82) is 0 Å². The number of benzene rings is 1. The Labute approximate surface area is 135 Å².